The molecule has 0 atom stereocenters. The summed E-state index contributed by atoms with van der Waals surface area (Å²) in [5.74, 6) is 0.202. The van der Waals surface area contributed by atoms with E-state index in [1.165, 1.54) is 13.2 Å². The predicted octanol–water partition coefficient (Wildman–Crippen LogP) is 2.38. The first kappa shape index (κ1) is 11.6. The lowest BCUT2D eigenvalue weighted by atomic mass is 10.0. The molecule has 0 radical (unpaired) electrons. The zero-order chi connectivity index (χ0) is 11.4. The van der Waals surface area contributed by atoms with Crippen molar-refractivity contribution in [1.29, 1.82) is 0 Å². The molecule has 0 fully saturated rings. The fourth-order valence-corrected chi connectivity index (χ4v) is 1.42. The van der Waals surface area contributed by atoms with Crippen LogP contribution < -0.4 is 0 Å². The molecule has 3 heteroatoms. The van der Waals surface area contributed by atoms with Crippen molar-refractivity contribution < 1.29 is 14.6 Å². The molecule has 1 rings (SSSR count). The minimum Gasteiger partial charge on any atom is -0.508 e. The number of carbonyl (C=O) groups is 1. The van der Waals surface area contributed by atoms with Gasteiger partial charge in [-0.25, -0.2) is 4.79 Å². The monoisotopic (exact) mass is 208 g/mol. The number of ether oxygens (including phenoxy) is 1. The lowest BCUT2D eigenvalue weighted by molar-refractivity contribution is 0.0600. The molecule has 0 heterocycles. The zero-order valence-electron chi connectivity index (χ0n) is 9.28. The van der Waals surface area contributed by atoms with Gasteiger partial charge in [0, 0.05) is 0 Å². The van der Waals surface area contributed by atoms with Gasteiger partial charge in [-0.05, 0) is 30.0 Å². The van der Waals surface area contributed by atoms with E-state index in [1.54, 1.807) is 12.1 Å². The smallest absolute Gasteiger partial charge is 0.337 e. The van der Waals surface area contributed by atoms with E-state index < -0.39 is 5.97 Å². The zero-order valence-corrected chi connectivity index (χ0v) is 9.28. The third kappa shape index (κ3) is 2.98. The van der Waals surface area contributed by atoms with Crippen LogP contribution in [0.3, 0.4) is 0 Å². The maximum absolute atomic E-state index is 11.2. The highest BCUT2D eigenvalue weighted by Gasteiger charge is 2.09. The number of methoxy groups -OCH3 is 1. The van der Waals surface area contributed by atoms with E-state index in [4.69, 9.17) is 0 Å². The van der Waals surface area contributed by atoms with Crippen molar-refractivity contribution in [3.8, 4) is 5.75 Å². The summed E-state index contributed by atoms with van der Waals surface area (Å²) in [6.07, 6.45) is 0.799. The van der Waals surface area contributed by atoms with Crippen molar-refractivity contribution in [3.05, 3.63) is 29.3 Å². The molecule has 0 saturated carbocycles. The van der Waals surface area contributed by atoms with Gasteiger partial charge in [0.2, 0.25) is 0 Å². The van der Waals surface area contributed by atoms with Gasteiger partial charge in [0.25, 0.3) is 0 Å². The first-order chi connectivity index (χ1) is 7.04. The number of phenolic OH excluding ortho intramolecular Hbond substituents is 1. The third-order valence-corrected chi connectivity index (χ3v) is 2.13. The number of carbonyl (C=O) groups excluding carboxylic acids is 1. The van der Waals surface area contributed by atoms with Gasteiger partial charge in [0.15, 0.2) is 0 Å². The predicted molar refractivity (Wildman–Crippen MR) is 58.0 cm³/mol. The summed E-state index contributed by atoms with van der Waals surface area (Å²) in [6.45, 7) is 4.15. The minimum atomic E-state index is -0.429. The molecule has 82 valence electrons. The molecule has 0 aliphatic heterocycles. The number of phenols is 1. The van der Waals surface area contributed by atoms with Crippen LogP contribution >= 0.6 is 0 Å². The Kier molecular flexibility index (Phi) is 3.72. The summed E-state index contributed by atoms with van der Waals surface area (Å²) in [4.78, 5) is 11.2. The highest BCUT2D eigenvalue weighted by molar-refractivity contribution is 5.89. The Morgan fingerprint density at radius 3 is 2.60 bits per heavy atom. The van der Waals surface area contributed by atoms with Gasteiger partial charge in [-0.15, -0.1) is 0 Å². The number of hydrogen-bond acceptors (Lipinski definition) is 3. The second-order valence-corrected chi connectivity index (χ2v) is 3.93. The maximum Gasteiger partial charge on any atom is 0.337 e. The van der Waals surface area contributed by atoms with Crippen LogP contribution in [0.4, 0.5) is 0 Å². The molecule has 0 aliphatic rings. The molecule has 1 aromatic carbocycles. The number of aromatic hydroxyl groups is 1. The average Bonchev–Trinajstić information content (AvgIpc) is 2.19. The van der Waals surface area contributed by atoms with E-state index in [-0.39, 0.29) is 5.75 Å². The average molecular weight is 208 g/mol. The molecular weight excluding hydrogens is 192 g/mol. The number of hydrogen-bond donors (Lipinski definition) is 1. The van der Waals surface area contributed by atoms with E-state index in [0.717, 1.165) is 12.0 Å². The number of esters is 1. The molecular formula is C12H16O3. The second kappa shape index (κ2) is 4.82. The fourth-order valence-electron chi connectivity index (χ4n) is 1.42. The fraction of sp³-hybridized carbons (Fsp3) is 0.417. The number of benzene rings is 1. The van der Waals surface area contributed by atoms with E-state index in [9.17, 15) is 9.90 Å². The lowest BCUT2D eigenvalue weighted by Crippen LogP contribution is -2.02. The molecule has 0 amide bonds. The summed E-state index contributed by atoms with van der Waals surface area (Å²) in [5.41, 5.74) is 1.24. The van der Waals surface area contributed by atoms with Crippen LogP contribution in [0.1, 0.15) is 29.8 Å². The minimum absolute atomic E-state index is 0.159. The van der Waals surface area contributed by atoms with Crippen LogP contribution in [-0.4, -0.2) is 18.2 Å². The first-order valence-corrected chi connectivity index (χ1v) is 4.94. The SMILES string of the molecule is COC(=O)c1ccc(CC(C)C)c(O)c1. The third-order valence-electron chi connectivity index (χ3n) is 2.13. The van der Waals surface area contributed by atoms with Crippen molar-refractivity contribution >= 4 is 5.97 Å². The second-order valence-electron chi connectivity index (χ2n) is 3.93. The Balaban J connectivity index is 2.93. The van der Waals surface area contributed by atoms with E-state index in [0.29, 0.717) is 11.5 Å². The van der Waals surface area contributed by atoms with E-state index >= 15 is 0 Å². The van der Waals surface area contributed by atoms with Crippen LogP contribution in [0.2, 0.25) is 0 Å². The summed E-state index contributed by atoms with van der Waals surface area (Å²) in [6, 6.07) is 4.88. The molecule has 0 unspecified atom stereocenters. The van der Waals surface area contributed by atoms with Gasteiger partial charge < -0.3 is 9.84 Å². The molecule has 0 saturated heterocycles. The Hall–Kier alpha value is -1.51. The van der Waals surface area contributed by atoms with Crippen LogP contribution in [0.25, 0.3) is 0 Å². The van der Waals surface area contributed by atoms with Crippen LogP contribution in [0.15, 0.2) is 18.2 Å². The molecule has 0 aliphatic carbocycles. The van der Waals surface area contributed by atoms with Gasteiger partial charge in [0.1, 0.15) is 5.75 Å². The van der Waals surface area contributed by atoms with Crippen molar-refractivity contribution in [2.45, 2.75) is 20.3 Å². The Morgan fingerprint density at radius 1 is 1.47 bits per heavy atom. The molecule has 15 heavy (non-hydrogen) atoms. The van der Waals surface area contributed by atoms with Crippen LogP contribution in [0, 0.1) is 5.92 Å². The van der Waals surface area contributed by atoms with Crippen molar-refractivity contribution in [3.63, 3.8) is 0 Å². The lowest BCUT2D eigenvalue weighted by Gasteiger charge is -2.08. The summed E-state index contributed by atoms with van der Waals surface area (Å²) in [5, 5.41) is 9.68. The number of rotatable bonds is 3. The largest absolute Gasteiger partial charge is 0.508 e. The molecule has 0 aromatic heterocycles. The van der Waals surface area contributed by atoms with Gasteiger partial charge in [0.05, 0.1) is 12.7 Å². The Bertz CT molecular complexity index is 356. The van der Waals surface area contributed by atoms with Gasteiger partial charge in [-0.3, -0.25) is 0 Å². The highest BCUT2D eigenvalue weighted by atomic mass is 16.5. The topological polar surface area (TPSA) is 46.5 Å². The first-order valence-electron chi connectivity index (χ1n) is 4.94. The van der Waals surface area contributed by atoms with E-state index in [1.807, 2.05) is 0 Å². The Labute approximate surface area is 89.7 Å². The standard InChI is InChI=1S/C12H16O3/c1-8(2)6-9-4-5-10(7-11(9)13)12(14)15-3/h4-5,7-8,13H,6H2,1-3H3. The summed E-state index contributed by atoms with van der Waals surface area (Å²) in [7, 11) is 1.32. The highest BCUT2D eigenvalue weighted by Crippen LogP contribution is 2.22. The van der Waals surface area contributed by atoms with Gasteiger partial charge in [-0.1, -0.05) is 19.9 Å². The molecule has 0 bridgehead atoms. The molecule has 0 spiro atoms. The van der Waals surface area contributed by atoms with Crippen molar-refractivity contribution in [1.82, 2.24) is 0 Å². The van der Waals surface area contributed by atoms with Crippen LogP contribution in [0.5, 0.6) is 5.75 Å². The van der Waals surface area contributed by atoms with Gasteiger partial charge in [-0.2, -0.15) is 0 Å². The summed E-state index contributed by atoms with van der Waals surface area (Å²) < 4.78 is 4.56. The van der Waals surface area contributed by atoms with Crippen LogP contribution in [-0.2, 0) is 11.2 Å². The van der Waals surface area contributed by atoms with Gasteiger partial charge >= 0.3 is 5.97 Å². The summed E-state index contributed by atoms with van der Waals surface area (Å²) >= 11 is 0. The molecule has 1 N–H and O–H groups in total. The van der Waals surface area contributed by atoms with Crippen molar-refractivity contribution in [2.75, 3.05) is 7.11 Å². The quantitative estimate of drug-likeness (QED) is 0.776. The van der Waals surface area contributed by atoms with E-state index in [2.05, 4.69) is 18.6 Å². The van der Waals surface area contributed by atoms with Crippen molar-refractivity contribution in [2.24, 2.45) is 5.92 Å². The molecule has 1 aromatic rings. The maximum atomic E-state index is 11.2. The molecule has 3 nitrogen and oxygen atoms in total. The Morgan fingerprint density at radius 2 is 2.13 bits per heavy atom. The normalized spacial score (nSPS) is 10.4.